The number of ketones is 4. The highest BCUT2D eigenvalue weighted by atomic mass is 16.4. The maximum absolute atomic E-state index is 10.3. The average molecular weight is 632 g/mol. The van der Waals surface area contributed by atoms with Gasteiger partial charge in [-0.3, -0.25) is 19.2 Å². The maximum atomic E-state index is 10.3. The number of phenols is 1. The van der Waals surface area contributed by atoms with Gasteiger partial charge in [0.15, 0.2) is 11.6 Å². The zero-order chi connectivity index (χ0) is 34.7. The Morgan fingerprint density at radius 2 is 0.745 bits per heavy atom. The minimum atomic E-state index is -1.13. The maximum Gasteiger partial charge on any atom is 0.335 e. The van der Waals surface area contributed by atoms with Crippen LogP contribution in [0.4, 0.5) is 0 Å². The Hall–Kier alpha value is -6.74. The second-order valence-electron chi connectivity index (χ2n) is 8.73. The van der Waals surface area contributed by atoms with Gasteiger partial charge in [0.25, 0.3) is 0 Å². The van der Waals surface area contributed by atoms with Crippen molar-refractivity contribution in [2.45, 2.75) is 0 Å². The van der Waals surface area contributed by atoms with E-state index >= 15 is 0 Å². The molecule has 0 radical (unpaired) electrons. The molecule has 0 spiro atoms. The van der Waals surface area contributed by atoms with Crippen LogP contribution in [0.5, 0.6) is 5.75 Å². The van der Waals surface area contributed by atoms with Crippen LogP contribution in [0.25, 0.3) is 0 Å². The van der Waals surface area contributed by atoms with Crippen LogP contribution >= 0.6 is 0 Å². The van der Waals surface area contributed by atoms with Crippen LogP contribution in [-0.2, 0) is 19.2 Å². The second-order valence-corrected chi connectivity index (χ2v) is 8.73. The normalized spacial score (nSPS) is 11.7. The zero-order valence-electron chi connectivity index (χ0n) is 25.0. The van der Waals surface area contributed by atoms with Crippen molar-refractivity contribution < 1.29 is 44.1 Å². The Labute approximate surface area is 271 Å². The summed E-state index contributed by atoms with van der Waals surface area (Å²) in [6, 6.07) is 37.1. The number of allylic oxidation sites excluding steroid dienone is 8. The van der Waals surface area contributed by atoms with E-state index in [1.807, 2.05) is 42.5 Å². The lowest BCUT2D eigenvalue weighted by Crippen LogP contribution is -2.21. The largest absolute Gasteiger partial charge is 0.545 e. The molecular formula is C38H31O9-. The summed E-state index contributed by atoms with van der Waals surface area (Å²) < 4.78 is 0. The topological polar surface area (TPSA) is 166 Å². The third kappa shape index (κ3) is 20.0. The van der Waals surface area contributed by atoms with Crippen LogP contribution in [-0.4, -0.2) is 45.3 Å². The number of carboxylic acid groups (broad SMARTS) is 2. The highest BCUT2D eigenvalue weighted by Gasteiger charge is 2.06. The van der Waals surface area contributed by atoms with Gasteiger partial charge in [-0.05, 0) is 66.3 Å². The van der Waals surface area contributed by atoms with Gasteiger partial charge in [0, 0.05) is 0 Å². The molecule has 4 aromatic carbocycles. The fourth-order valence-electron chi connectivity index (χ4n) is 2.86. The van der Waals surface area contributed by atoms with Crippen molar-refractivity contribution in [3.63, 3.8) is 0 Å². The van der Waals surface area contributed by atoms with E-state index in [0.29, 0.717) is 11.3 Å². The van der Waals surface area contributed by atoms with Gasteiger partial charge in [0.05, 0.1) is 11.5 Å². The number of carbonyl (C=O) groups is 6. The van der Waals surface area contributed by atoms with Crippen molar-refractivity contribution in [3.05, 3.63) is 187 Å². The first-order valence-electron chi connectivity index (χ1n) is 13.8. The number of carbonyl (C=O) groups excluding carboxylic acids is 5. The van der Waals surface area contributed by atoms with Gasteiger partial charge in [-0.25, -0.2) is 4.79 Å². The van der Waals surface area contributed by atoms with Crippen molar-refractivity contribution in [1.82, 2.24) is 0 Å². The minimum Gasteiger partial charge on any atom is -0.545 e. The SMILES string of the molecule is O=C(O)c1ccccc1.O=C([O-])c1ccccc1.O=C1C=CC(=O)C=C1.O=C1C=CC=CC1=O.Oc1ccccc1.c1ccccc1. The molecule has 47 heavy (non-hydrogen) atoms. The second kappa shape index (κ2) is 23.7. The summed E-state index contributed by atoms with van der Waals surface area (Å²) in [5, 5.41) is 27.1. The molecule has 0 unspecified atom stereocenters. The first-order chi connectivity index (χ1) is 22.6. The third-order valence-corrected chi connectivity index (χ3v) is 5.13. The molecule has 0 fully saturated rings. The number of para-hydroxylation sites is 1. The van der Waals surface area contributed by atoms with Crippen molar-refractivity contribution in [2.75, 3.05) is 0 Å². The molecule has 2 N–H and O–H groups in total. The quantitative estimate of drug-likeness (QED) is 0.176. The summed E-state index contributed by atoms with van der Waals surface area (Å²) in [6.07, 6.45) is 10.6. The van der Waals surface area contributed by atoms with Crippen molar-refractivity contribution in [3.8, 4) is 5.75 Å². The van der Waals surface area contributed by atoms with E-state index in [4.69, 9.17) is 10.2 Å². The summed E-state index contributed by atoms with van der Waals surface area (Å²) in [7, 11) is 0. The predicted octanol–water partition coefficient (Wildman–Crippen LogP) is 5.01. The third-order valence-electron chi connectivity index (χ3n) is 5.13. The number of hydrogen-bond acceptors (Lipinski definition) is 8. The lowest BCUT2D eigenvalue weighted by molar-refractivity contribution is -0.255. The summed E-state index contributed by atoms with van der Waals surface area (Å²) in [4.78, 5) is 61.5. The van der Waals surface area contributed by atoms with E-state index in [-0.39, 0.29) is 17.1 Å². The molecule has 0 aliphatic heterocycles. The summed E-state index contributed by atoms with van der Waals surface area (Å²) >= 11 is 0. The minimum absolute atomic E-state index is 0.121. The van der Waals surface area contributed by atoms with E-state index in [1.165, 1.54) is 48.6 Å². The van der Waals surface area contributed by atoms with E-state index in [9.17, 15) is 33.9 Å². The number of aromatic hydroxyl groups is 1. The molecule has 0 aromatic heterocycles. The molecule has 9 nitrogen and oxygen atoms in total. The van der Waals surface area contributed by atoms with Crippen molar-refractivity contribution >= 4 is 35.1 Å². The molecule has 4 aromatic rings. The van der Waals surface area contributed by atoms with Crippen LogP contribution < -0.4 is 5.11 Å². The van der Waals surface area contributed by atoms with E-state index in [2.05, 4.69) is 0 Å². The van der Waals surface area contributed by atoms with Gasteiger partial charge in [0.1, 0.15) is 5.75 Å². The van der Waals surface area contributed by atoms with Crippen LogP contribution in [0.2, 0.25) is 0 Å². The first-order valence-corrected chi connectivity index (χ1v) is 13.8. The highest BCUT2D eigenvalue weighted by Crippen LogP contribution is 2.03. The van der Waals surface area contributed by atoms with Crippen molar-refractivity contribution in [2.24, 2.45) is 0 Å². The molecular weight excluding hydrogens is 600 g/mol. The van der Waals surface area contributed by atoms with Gasteiger partial charge in [-0.1, -0.05) is 115 Å². The summed E-state index contributed by atoms with van der Waals surface area (Å²) in [6.45, 7) is 0. The Morgan fingerprint density at radius 1 is 0.447 bits per heavy atom. The van der Waals surface area contributed by atoms with Gasteiger partial charge in [-0.2, -0.15) is 0 Å². The Balaban J connectivity index is 0.000000283. The number of rotatable bonds is 2. The number of hydrogen-bond donors (Lipinski definition) is 2. The molecule has 0 amide bonds. The monoisotopic (exact) mass is 631 g/mol. The van der Waals surface area contributed by atoms with Gasteiger partial charge in [-0.15, -0.1) is 0 Å². The lowest BCUT2D eigenvalue weighted by Gasteiger charge is -1.97. The smallest absolute Gasteiger partial charge is 0.335 e. The number of carboxylic acids is 2. The summed E-state index contributed by atoms with van der Waals surface area (Å²) in [5.41, 5.74) is 0.551. The standard InChI is InChI=1S/2C7H6O2.2C6H4O2.C6H6O.C6H6/c2*8-7(9)6-4-2-1-3-5-6;7-5-1-2-6(8)4-3-5;7-5-3-1-2-4-6(5)8;7-6-4-2-1-3-5-6;1-2-4-6-5-3-1/h2*1-5H,(H,8,9);2*1-4H;1-5,7H;1-6H/p-1. The molecule has 9 heteroatoms. The molecule has 2 aliphatic carbocycles. The predicted molar refractivity (Wildman–Crippen MR) is 175 cm³/mol. The fourth-order valence-corrected chi connectivity index (χ4v) is 2.86. The van der Waals surface area contributed by atoms with Crippen molar-refractivity contribution in [1.29, 1.82) is 0 Å². The Morgan fingerprint density at radius 3 is 0.957 bits per heavy atom. The molecule has 0 heterocycles. The Kier molecular flexibility index (Phi) is 19.3. The first kappa shape index (κ1) is 38.3. The molecule has 2 aliphatic rings. The average Bonchev–Trinajstić information content (AvgIpc) is 3.11. The number of aromatic carboxylic acids is 2. The van der Waals surface area contributed by atoms with Crippen LogP contribution in [0.1, 0.15) is 20.7 Å². The number of benzene rings is 4. The molecule has 238 valence electrons. The molecule has 6 rings (SSSR count). The van der Waals surface area contributed by atoms with E-state index in [0.717, 1.165) is 0 Å². The summed E-state index contributed by atoms with van der Waals surface area (Å²) in [5.74, 6) is -2.80. The number of phenolic OH excluding ortho intramolecular Hbond substituents is 1. The van der Waals surface area contributed by atoms with Gasteiger partial charge in [0.2, 0.25) is 11.6 Å². The zero-order valence-corrected chi connectivity index (χ0v) is 25.0. The molecule has 0 saturated carbocycles. The van der Waals surface area contributed by atoms with Crippen LogP contribution in [0.3, 0.4) is 0 Å². The lowest BCUT2D eigenvalue weighted by atomic mass is 10.1. The molecule has 0 saturated heterocycles. The highest BCUT2D eigenvalue weighted by molar-refractivity contribution is 6.46. The Bertz CT molecular complexity index is 1540. The van der Waals surface area contributed by atoms with Gasteiger partial charge < -0.3 is 20.1 Å². The van der Waals surface area contributed by atoms with E-state index < -0.39 is 23.5 Å². The van der Waals surface area contributed by atoms with Crippen LogP contribution in [0.15, 0.2) is 176 Å². The fraction of sp³-hybridized carbons (Fsp3) is 0. The molecule has 0 atom stereocenters. The molecule has 0 bridgehead atoms. The van der Waals surface area contributed by atoms with Gasteiger partial charge >= 0.3 is 5.97 Å². The van der Waals surface area contributed by atoms with Crippen LogP contribution in [0, 0.1) is 0 Å². The van der Waals surface area contributed by atoms with E-state index in [1.54, 1.807) is 84.9 Å².